The number of hydrogen-bond acceptors (Lipinski definition) is 2. The molecule has 1 aliphatic rings. The Hall–Kier alpha value is -1.90. The largest absolute Gasteiger partial charge is 0.273 e. The van der Waals surface area contributed by atoms with Crippen LogP contribution >= 0.6 is 0 Å². The van der Waals surface area contributed by atoms with Crippen LogP contribution in [0.4, 0.5) is 0 Å². The first-order valence-corrected chi connectivity index (χ1v) is 8.19. The third-order valence-electron chi connectivity index (χ3n) is 4.86. The summed E-state index contributed by atoms with van der Waals surface area (Å²) in [7, 11) is 0. The van der Waals surface area contributed by atoms with Crippen LogP contribution in [0, 0.1) is 5.92 Å². The maximum atomic E-state index is 12.1. The van der Waals surface area contributed by atoms with Gasteiger partial charge in [0.15, 0.2) is 0 Å². The first-order valence-electron chi connectivity index (χ1n) is 8.19. The lowest BCUT2D eigenvalue weighted by atomic mass is 9.75. The normalized spacial score (nSPS) is 21.0. The van der Waals surface area contributed by atoms with Crippen molar-refractivity contribution in [1.29, 1.82) is 0 Å². The Morgan fingerprint density at radius 1 is 1.23 bits per heavy atom. The molecule has 1 heterocycles. The number of benzene rings is 1. The van der Waals surface area contributed by atoms with Crippen LogP contribution in [0.2, 0.25) is 0 Å². The molecule has 3 heteroatoms. The zero-order valence-electron chi connectivity index (χ0n) is 13.8. The van der Waals surface area contributed by atoms with Crippen LogP contribution in [0.25, 0.3) is 11.3 Å². The molecule has 1 aliphatic carbocycles. The molecule has 1 aromatic carbocycles. The molecule has 3 rings (SSSR count). The van der Waals surface area contributed by atoms with Gasteiger partial charge in [-0.05, 0) is 24.7 Å². The molecule has 0 saturated heterocycles. The number of fused-ring (bicyclic) bond motifs is 1. The Morgan fingerprint density at radius 3 is 2.50 bits per heavy atom. The third kappa shape index (κ3) is 2.39. The smallest absolute Gasteiger partial charge is 0.244 e. The summed E-state index contributed by atoms with van der Waals surface area (Å²) in [4.78, 5) is 12.1. The van der Waals surface area contributed by atoms with Gasteiger partial charge in [-0.25, -0.2) is 0 Å². The first kappa shape index (κ1) is 15.0. The molecule has 22 heavy (non-hydrogen) atoms. The van der Waals surface area contributed by atoms with Crippen molar-refractivity contribution in [3.8, 4) is 11.3 Å². The van der Waals surface area contributed by atoms with Gasteiger partial charge in [-0.1, -0.05) is 51.1 Å². The third-order valence-corrected chi connectivity index (χ3v) is 4.86. The summed E-state index contributed by atoms with van der Waals surface area (Å²) >= 11 is 0. The van der Waals surface area contributed by atoms with Crippen LogP contribution in [-0.4, -0.2) is 15.7 Å². The van der Waals surface area contributed by atoms with Crippen molar-refractivity contribution in [3.05, 3.63) is 41.6 Å². The highest BCUT2D eigenvalue weighted by atomic mass is 16.2. The van der Waals surface area contributed by atoms with Gasteiger partial charge in [0.2, 0.25) is 5.91 Å². The van der Waals surface area contributed by atoms with Crippen LogP contribution in [-0.2, 0) is 0 Å². The van der Waals surface area contributed by atoms with Gasteiger partial charge in [-0.15, -0.1) is 0 Å². The van der Waals surface area contributed by atoms with Crippen LogP contribution in [0.1, 0.15) is 68.4 Å². The molecule has 0 aliphatic heterocycles. The summed E-state index contributed by atoms with van der Waals surface area (Å²) in [5.74, 6) is 1.44. The number of carbonyl (C=O) groups is 1. The van der Waals surface area contributed by atoms with Gasteiger partial charge in [-0.2, -0.15) is 9.78 Å². The molecule has 0 bridgehead atoms. The van der Waals surface area contributed by atoms with Gasteiger partial charge >= 0.3 is 0 Å². The standard InChI is InChI=1S/C19H24N2O/c1-12(2)16-11-10-13(3)17-18(16)20-21(14(4)22)19(17)15-8-6-5-7-9-15/h5-9,12-13,16H,10-11H2,1-4H3/t13-,16+/m0/s1. The summed E-state index contributed by atoms with van der Waals surface area (Å²) in [6.07, 6.45) is 2.33. The monoisotopic (exact) mass is 296 g/mol. The van der Waals surface area contributed by atoms with E-state index in [2.05, 4.69) is 32.9 Å². The van der Waals surface area contributed by atoms with E-state index in [4.69, 9.17) is 5.10 Å². The number of hydrogen-bond donors (Lipinski definition) is 0. The molecular formula is C19H24N2O. The predicted molar refractivity (Wildman–Crippen MR) is 89.2 cm³/mol. The topological polar surface area (TPSA) is 34.9 Å². The fraction of sp³-hybridized carbons (Fsp3) is 0.474. The maximum absolute atomic E-state index is 12.1. The summed E-state index contributed by atoms with van der Waals surface area (Å²) in [6.45, 7) is 8.35. The van der Waals surface area contributed by atoms with Crippen molar-refractivity contribution >= 4 is 5.91 Å². The SMILES string of the molecule is CC(=O)n1nc2c(c1-c1ccccc1)[C@@H](C)CC[C@@H]2C(C)C. The van der Waals surface area contributed by atoms with E-state index in [1.165, 1.54) is 12.0 Å². The van der Waals surface area contributed by atoms with E-state index in [1.807, 2.05) is 18.2 Å². The molecule has 0 fully saturated rings. The molecule has 2 aromatic rings. The first-order chi connectivity index (χ1) is 10.5. The van der Waals surface area contributed by atoms with Gasteiger partial charge in [-0.3, -0.25) is 4.79 Å². The van der Waals surface area contributed by atoms with E-state index in [0.29, 0.717) is 17.8 Å². The molecule has 0 saturated carbocycles. The fourth-order valence-corrected chi connectivity index (χ4v) is 3.67. The highest BCUT2D eigenvalue weighted by Gasteiger charge is 2.34. The molecule has 2 atom stereocenters. The molecular weight excluding hydrogens is 272 g/mol. The second kappa shape index (κ2) is 5.71. The minimum absolute atomic E-state index is 0.0111. The summed E-state index contributed by atoms with van der Waals surface area (Å²) in [5, 5.41) is 4.75. The van der Waals surface area contributed by atoms with Gasteiger partial charge in [0.1, 0.15) is 0 Å². The molecule has 0 unspecified atom stereocenters. The quantitative estimate of drug-likeness (QED) is 0.794. The van der Waals surface area contributed by atoms with Crippen molar-refractivity contribution in [2.45, 2.75) is 52.4 Å². The Kier molecular flexibility index (Phi) is 3.90. The number of aromatic nitrogens is 2. The molecule has 1 aromatic heterocycles. The Labute approximate surface area is 132 Å². The van der Waals surface area contributed by atoms with E-state index in [-0.39, 0.29) is 5.91 Å². The summed E-state index contributed by atoms with van der Waals surface area (Å²) in [5.41, 5.74) is 4.51. The molecule has 116 valence electrons. The second-order valence-electron chi connectivity index (χ2n) is 6.77. The Morgan fingerprint density at radius 2 is 1.91 bits per heavy atom. The lowest BCUT2D eigenvalue weighted by molar-refractivity contribution is 0.0922. The molecule has 0 N–H and O–H groups in total. The molecule has 3 nitrogen and oxygen atoms in total. The van der Waals surface area contributed by atoms with Crippen molar-refractivity contribution in [3.63, 3.8) is 0 Å². The van der Waals surface area contributed by atoms with Gasteiger partial charge in [0, 0.05) is 24.0 Å². The maximum Gasteiger partial charge on any atom is 0.244 e. The van der Waals surface area contributed by atoms with Crippen molar-refractivity contribution in [2.75, 3.05) is 0 Å². The van der Waals surface area contributed by atoms with Crippen molar-refractivity contribution in [1.82, 2.24) is 9.78 Å². The zero-order valence-corrected chi connectivity index (χ0v) is 13.8. The van der Waals surface area contributed by atoms with E-state index in [0.717, 1.165) is 23.4 Å². The fourth-order valence-electron chi connectivity index (χ4n) is 3.67. The number of nitrogens with zero attached hydrogens (tertiary/aromatic N) is 2. The van der Waals surface area contributed by atoms with E-state index >= 15 is 0 Å². The van der Waals surface area contributed by atoms with Gasteiger partial charge in [0.05, 0.1) is 11.4 Å². The second-order valence-corrected chi connectivity index (χ2v) is 6.77. The van der Waals surface area contributed by atoms with Crippen LogP contribution in [0.5, 0.6) is 0 Å². The van der Waals surface area contributed by atoms with E-state index in [9.17, 15) is 4.79 Å². The molecule has 0 spiro atoms. The molecule has 0 amide bonds. The lowest BCUT2D eigenvalue weighted by Crippen LogP contribution is -2.16. The number of rotatable bonds is 2. The number of carbonyl (C=O) groups excluding carboxylic acids is 1. The van der Waals surface area contributed by atoms with Crippen molar-refractivity contribution in [2.24, 2.45) is 5.92 Å². The predicted octanol–water partition coefficient (Wildman–Crippen LogP) is 4.85. The summed E-state index contributed by atoms with van der Waals surface area (Å²) < 4.78 is 1.62. The van der Waals surface area contributed by atoms with Crippen molar-refractivity contribution < 1.29 is 4.79 Å². The van der Waals surface area contributed by atoms with Gasteiger partial charge in [0.25, 0.3) is 0 Å². The molecule has 0 radical (unpaired) electrons. The highest BCUT2D eigenvalue weighted by molar-refractivity contribution is 5.83. The van der Waals surface area contributed by atoms with Crippen LogP contribution < -0.4 is 0 Å². The zero-order chi connectivity index (χ0) is 15.9. The van der Waals surface area contributed by atoms with Gasteiger partial charge < -0.3 is 0 Å². The minimum Gasteiger partial charge on any atom is -0.273 e. The Balaban J connectivity index is 2.27. The minimum atomic E-state index is -0.0111. The van der Waals surface area contributed by atoms with Crippen LogP contribution in [0.15, 0.2) is 30.3 Å². The van der Waals surface area contributed by atoms with Crippen LogP contribution in [0.3, 0.4) is 0 Å². The van der Waals surface area contributed by atoms with E-state index < -0.39 is 0 Å². The lowest BCUT2D eigenvalue weighted by Gasteiger charge is -2.28. The average molecular weight is 296 g/mol. The van der Waals surface area contributed by atoms with E-state index in [1.54, 1.807) is 11.6 Å². The summed E-state index contributed by atoms with van der Waals surface area (Å²) in [6, 6.07) is 10.2. The Bertz CT molecular complexity index is 685. The highest BCUT2D eigenvalue weighted by Crippen LogP contribution is 2.45. The average Bonchev–Trinajstić information content (AvgIpc) is 2.89.